The van der Waals surface area contributed by atoms with Crippen molar-refractivity contribution in [3.8, 4) is 5.75 Å². The first-order valence-corrected chi connectivity index (χ1v) is 10.7. The van der Waals surface area contributed by atoms with Crippen LogP contribution in [0.15, 0.2) is 83.0 Å². The number of hydrogen-bond donors (Lipinski definition) is 2. The number of imidazole rings is 1. The first-order valence-electron chi connectivity index (χ1n) is 8.87. The second kappa shape index (κ2) is 7.81. The van der Waals surface area contributed by atoms with Gasteiger partial charge < -0.3 is 14.8 Å². The van der Waals surface area contributed by atoms with Gasteiger partial charge in [0.25, 0.3) is 5.91 Å². The van der Waals surface area contributed by atoms with Gasteiger partial charge in [0, 0.05) is 30.2 Å². The lowest BCUT2D eigenvalue weighted by Gasteiger charge is -2.09. The number of aromatic hydroxyl groups is 1. The van der Waals surface area contributed by atoms with Crippen LogP contribution in [0.2, 0.25) is 5.02 Å². The molecular formula is C21H16ClN3O4S. The van der Waals surface area contributed by atoms with Crippen LogP contribution >= 0.6 is 11.6 Å². The fourth-order valence-corrected chi connectivity index (χ4v) is 4.58. The third-order valence-corrected chi connectivity index (χ3v) is 6.47. The fourth-order valence-electron chi connectivity index (χ4n) is 2.96. The van der Waals surface area contributed by atoms with E-state index in [-0.39, 0.29) is 33.0 Å². The standard InChI is InChI=1S/C21H16ClN3O4S/c22-16-9-17(26)11-19(10-16)30(28,29)18-4-1-14(2-5-18)12-24-21(27)15-3-6-20-23-7-8-25(20)13-15/h1-11,13,26H,12H2,(H,24,27). The smallest absolute Gasteiger partial charge is 0.253 e. The molecule has 152 valence electrons. The van der Waals surface area contributed by atoms with E-state index in [9.17, 15) is 18.3 Å². The number of hydrogen-bond acceptors (Lipinski definition) is 5. The van der Waals surface area contributed by atoms with E-state index in [0.717, 1.165) is 17.3 Å². The highest BCUT2D eigenvalue weighted by molar-refractivity contribution is 7.91. The lowest BCUT2D eigenvalue weighted by atomic mass is 10.2. The van der Waals surface area contributed by atoms with Crippen LogP contribution < -0.4 is 5.32 Å². The quantitative estimate of drug-likeness (QED) is 0.494. The van der Waals surface area contributed by atoms with Crippen molar-refractivity contribution in [3.05, 3.63) is 89.3 Å². The summed E-state index contributed by atoms with van der Waals surface area (Å²) in [6.07, 6.45) is 5.09. The van der Waals surface area contributed by atoms with E-state index in [1.54, 1.807) is 47.3 Å². The molecule has 0 saturated carbocycles. The minimum Gasteiger partial charge on any atom is -0.508 e. The Balaban J connectivity index is 1.47. The molecule has 0 fully saturated rings. The molecule has 0 atom stereocenters. The summed E-state index contributed by atoms with van der Waals surface area (Å²) in [6, 6.07) is 13.3. The SMILES string of the molecule is O=C(NCc1ccc(S(=O)(=O)c2cc(O)cc(Cl)c2)cc1)c1ccc2nccn2c1. The summed E-state index contributed by atoms with van der Waals surface area (Å²) in [5.41, 5.74) is 1.97. The maximum atomic E-state index is 12.7. The van der Waals surface area contributed by atoms with Crippen LogP contribution in [0.4, 0.5) is 0 Å². The van der Waals surface area contributed by atoms with Crippen LogP contribution in [-0.2, 0) is 16.4 Å². The van der Waals surface area contributed by atoms with E-state index >= 15 is 0 Å². The van der Waals surface area contributed by atoms with E-state index in [0.29, 0.717) is 5.56 Å². The highest BCUT2D eigenvalue weighted by Crippen LogP contribution is 2.27. The molecule has 2 heterocycles. The van der Waals surface area contributed by atoms with Gasteiger partial charge in [0.05, 0.1) is 15.4 Å². The molecule has 7 nitrogen and oxygen atoms in total. The average molecular weight is 442 g/mol. The Hall–Kier alpha value is -3.36. The highest BCUT2D eigenvalue weighted by atomic mass is 35.5. The van der Waals surface area contributed by atoms with Crippen LogP contribution in [0, 0.1) is 0 Å². The molecule has 0 aliphatic carbocycles. The van der Waals surface area contributed by atoms with E-state index in [1.165, 1.54) is 24.3 Å². The molecule has 0 saturated heterocycles. The second-order valence-electron chi connectivity index (χ2n) is 6.59. The molecule has 0 radical (unpaired) electrons. The average Bonchev–Trinajstić information content (AvgIpc) is 3.19. The number of nitrogens with zero attached hydrogens (tertiary/aromatic N) is 2. The molecule has 4 rings (SSSR count). The largest absolute Gasteiger partial charge is 0.508 e. The number of halogens is 1. The summed E-state index contributed by atoms with van der Waals surface area (Å²) in [4.78, 5) is 16.5. The molecule has 0 aliphatic rings. The molecule has 2 N–H and O–H groups in total. The number of phenolic OH excluding ortho intramolecular Hbond substituents is 1. The van der Waals surface area contributed by atoms with Crippen molar-refractivity contribution in [2.45, 2.75) is 16.3 Å². The summed E-state index contributed by atoms with van der Waals surface area (Å²) in [5.74, 6) is -0.481. The van der Waals surface area contributed by atoms with Gasteiger partial charge in [0.15, 0.2) is 0 Å². The second-order valence-corrected chi connectivity index (χ2v) is 8.97. The molecule has 0 spiro atoms. The van der Waals surface area contributed by atoms with Gasteiger partial charge >= 0.3 is 0 Å². The van der Waals surface area contributed by atoms with Gasteiger partial charge in [-0.25, -0.2) is 13.4 Å². The number of pyridine rings is 1. The molecule has 30 heavy (non-hydrogen) atoms. The Morgan fingerprint density at radius 3 is 2.57 bits per heavy atom. The minimum atomic E-state index is -3.83. The number of aromatic nitrogens is 2. The molecule has 0 unspecified atom stereocenters. The highest BCUT2D eigenvalue weighted by Gasteiger charge is 2.19. The summed E-state index contributed by atoms with van der Waals surface area (Å²) < 4.78 is 27.2. The van der Waals surface area contributed by atoms with Crippen molar-refractivity contribution in [1.82, 2.24) is 14.7 Å². The van der Waals surface area contributed by atoms with E-state index in [1.807, 2.05) is 0 Å². The molecule has 1 amide bonds. The van der Waals surface area contributed by atoms with Gasteiger partial charge in [-0.3, -0.25) is 4.79 Å². The third kappa shape index (κ3) is 4.00. The molecule has 0 aliphatic heterocycles. The summed E-state index contributed by atoms with van der Waals surface area (Å²) in [6.45, 7) is 0.235. The van der Waals surface area contributed by atoms with E-state index in [2.05, 4.69) is 10.3 Å². The van der Waals surface area contributed by atoms with Gasteiger partial charge in [-0.2, -0.15) is 0 Å². The molecule has 2 aromatic heterocycles. The number of phenols is 1. The zero-order valence-electron chi connectivity index (χ0n) is 15.5. The Morgan fingerprint density at radius 1 is 1.07 bits per heavy atom. The Bertz CT molecular complexity index is 1330. The summed E-state index contributed by atoms with van der Waals surface area (Å²) in [7, 11) is -3.83. The van der Waals surface area contributed by atoms with Gasteiger partial charge in [-0.1, -0.05) is 23.7 Å². The topological polar surface area (TPSA) is 101 Å². The molecule has 9 heteroatoms. The monoisotopic (exact) mass is 441 g/mol. The lowest BCUT2D eigenvalue weighted by Crippen LogP contribution is -2.23. The van der Waals surface area contributed by atoms with Crippen molar-refractivity contribution in [3.63, 3.8) is 0 Å². The number of fused-ring (bicyclic) bond motifs is 1. The number of sulfone groups is 1. The van der Waals surface area contributed by atoms with Crippen LogP contribution in [0.3, 0.4) is 0 Å². The molecule has 4 aromatic rings. The van der Waals surface area contributed by atoms with Gasteiger partial charge in [0.1, 0.15) is 11.4 Å². The minimum absolute atomic E-state index is 0.0600. The third-order valence-electron chi connectivity index (χ3n) is 4.50. The zero-order valence-corrected chi connectivity index (χ0v) is 17.1. The van der Waals surface area contributed by atoms with Crippen molar-refractivity contribution in [2.24, 2.45) is 0 Å². The molecular weight excluding hydrogens is 426 g/mol. The number of benzene rings is 2. The Morgan fingerprint density at radius 2 is 1.83 bits per heavy atom. The number of amides is 1. The predicted molar refractivity (Wildman–Crippen MR) is 111 cm³/mol. The lowest BCUT2D eigenvalue weighted by molar-refractivity contribution is 0.0950. The van der Waals surface area contributed by atoms with Crippen LogP contribution in [0.1, 0.15) is 15.9 Å². The fraction of sp³-hybridized carbons (Fsp3) is 0.0476. The predicted octanol–water partition coefficient (Wildman–Crippen LogP) is 3.46. The summed E-state index contributed by atoms with van der Waals surface area (Å²) in [5, 5.41) is 12.5. The molecule has 2 aromatic carbocycles. The maximum absolute atomic E-state index is 12.7. The first kappa shape index (κ1) is 19.9. The van der Waals surface area contributed by atoms with Crippen molar-refractivity contribution in [2.75, 3.05) is 0 Å². The van der Waals surface area contributed by atoms with Gasteiger partial charge in [-0.15, -0.1) is 0 Å². The number of rotatable bonds is 5. The molecule has 0 bridgehead atoms. The normalized spacial score (nSPS) is 11.5. The van der Waals surface area contributed by atoms with Crippen molar-refractivity contribution < 1.29 is 18.3 Å². The van der Waals surface area contributed by atoms with Crippen LogP contribution in [0.5, 0.6) is 5.75 Å². The van der Waals surface area contributed by atoms with Gasteiger partial charge in [0.2, 0.25) is 9.84 Å². The van der Waals surface area contributed by atoms with E-state index in [4.69, 9.17) is 11.6 Å². The number of carbonyl (C=O) groups excluding carboxylic acids is 1. The Kier molecular flexibility index (Phi) is 5.19. The summed E-state index contributed by atoms with van der Waals surface area (Å²) >= 11 is 5.85. The number of carbonyl (C=O) groups is 1. The zero-order chi connectivity index (χ0) is 21.3. The van der Waals surface area contributed by atoms with Gasteiger partial charge in [-0.05, 0) is 48.0 Å². The first-order chi connectivity index (χ1) is 14.3. The van der Waals surface area contributed by atoms with Crippen molar-refractivity contribution >= 4 is 33.0 Å². The van der Waals surface area contributed by atoms with Crippen molar-refractivity contribution in [1.29, 1.82) is 0 Å². The van der Waals surface area contributed by atoms with E-state index < -0.39 is 9.84 Å². The maximum Gasteiger partial charge on any atom is 0.253 e. The number of nitrogens with one attached hydrogen (secondary N) is 1. The van der Waals surface area contributed by atoms with Crippen LogP contribution in [-0.4, -0.2) is 28.8 Å². The Labute approximate surface area is 177 Å². The van der Waals surface area contributed by atoms with Crippen LogP contribution in [0.25, 0.3) is 5.65 Å².